The zero-order valence-corrected chi connectivity index (χ0v) is 15.4. The summed E-state index contributed by atoms with van der Waals surface area (Å²) in [6.07, 6.45) is 4.22. The lowest BCUT2D eigenvalue weighted by atomic mass is 9.99. The molecule has 1 amide bonds. The number of hydrogen-bond acceptors (Lipinski definition) is 3. The lowest BCUT2D eigenvalue weighted by Crippen LogP contribution is -2.23. The number of halogens is 1. The van der Waals surface area contributed by atoms with Crippen LogP contribution in [0.25, 0.3) is 6.08 Å². The third kappa shape index (κ3) is 4.32. The van der Waals surface area contributed by atoms with Gasteiger partial charge in [0.1, 0.15) is 0 Å². The van der Waals surface area contributed by atoms with Gasteiger partial charge in [-0.15, -0.1) is 0 Å². The molecule has 0 aliphatic carbocycles. The van der Waals surface area contributed by atoms with E-state index in [1.54, 1.807) is 30.3 Å². The zero-order valence-electron chi connectivity index (χ0n) is 14.6. The van der Waals surface area contributed by atoms with Crippen molar-refractivity contribution in [2.45, 2.75) is 19.8 Å². The molecule has 5 heteroatoms. The van der Waals surface area contributed by atoms with E-state index in [0.717, 1.165) is 37.1 Å². The van der Waals surface area contributed by atoms with Crippen LogP contribution in [0.2, 0.25) is 5.02 Å². The van der Waals surface area contributed by atoms with Gasteiger partial charge in [0.05, 0.1) is 11.6 Å². The second-order valence-corrected chi connectivity index (χ2v) is 6.80. The molecule has 132 valence electrons. The number of nitriles is 1. The fourth-order valence-corrected chi connectivity index (χ4v) is 3.24. The highest BCUT2D eigenvalue weighted by molar-refractivity contribution is 6.31. The molecule has 1 heterocycles. The number of rotatable bonds is 3. The van der Waals surface area contributed by atoms with Gasteiger partial charge in [0.25, 0.3) is 5.91 Å². The number of nitrogens with zero attached hydrogens (tertiary/aromatic N) is 1. The van der Waals surface area contributed by atoms with Gasteiger partial charge in [-0.2, -0.15) is 5.26 Å². The van der Waals surface area contributed by atoms with Crippen molar-refractivity contribution in [2.75, 3.05) is 18.4 Å². The second-order valence-electron chi connectivity index (χ2n) is 6.37. The molecule has 0 saturated carbocycles. The summed E-state index contributed by atoms with van der Waals surface area (Å²) >= 11 is 6.28. The quantitative estimate of drug-likeness (QED) is 0.839. The van der Waals surface area contributed by atoms with Gasteiger partial charge in [0, 0.05) is 16.3 Å². The first-order valence-electron chi connectivity index (χ1n) is 8.58. The molecule has 4 nitrogen and oxygen atoms in total. The minimum Gasteiger partial charge on any atom is -0.322 e. The van der Waals surface area contributed by atoms with E-state index in [0.29, 0.717) is 21.8 Å². The van der Waals surface area contributed by atoms with E-state index in [2.05, 4.69) is 16.7 Å². The summed E-state index contributed by atoms with van der Waals surface area (Å²) in [6.45, 7) is 3.96. The van der Waals surface area contributed by atoms with Crippen molar-refractivity contribution in [3.05, 3.63) is 69.2 Å². The highest BCUT2D eigenvalue weighted by Crippen LogP contribution is 2.28. The second kappa shape index (κ2) is 8.18. The lowest BCUT2D eigenvalue weighted by Gasteiger charge is -2.17. The Morgan fingerprint density at radius 3 is 2.77 bits per heavy atom. The van der Waals surface area contributed by atoms with Gasteiger partial charge in [-0.1, -0.05) is 29.3 Å². The van der Waals surface area contributed by atoms with Gasteiger partial charge in [0.2, 0.25) is 0 Å². The Labute approximate surface area is 158 Å². The molecule has 0 bridgehead atoms. The average Bonchev–Trinajstić information content (AvgIpc) is 2.66. The molecule has 3 rings (SSSR count). The van der Waals surface area contributed by atoms with Gasteiger partial charge >= 0.3 is 0 Å². The van der Waals surface area contributed by atoms with Gasteiger partial charge in [-0.05, 0) is 74.3 Å². The molecule has 1 aliphatic rings. The normalized spacial score (nSPS) is 13.8. The van der Waals surface area contributed by atoms with E-state index < -0.39 is 0 Å². The van der Waals surface area contributed by atoms with Crippen LogP contribution < -0.4 is 10.6 Å². The Balaban J connectivity index is 1.88. The Kier molecular flexibility index (Phi) is 5.72. The number of carbonyl (C=O) groups excluding carboxylic acids is 1. The molecule has 0 unspecified atom stereocenters. The minimum atomic E-state index is -0.257. The summed E-state index contributed by atoms with van der Waals surface area (Å²) in [5.74, 6) is -0.257. The van der Waals surface area contributed by atoms with Crippen molar-refractivity contribution < 1.29 is 4.79 Å². The SMILES string of the molecule is Cc1c(C=C2CCNCC2)cc(Cl)cc1NC(=O)c1cccc(C#N)c1. The molecule has 1 fully saturated rings. The number of amides is 1. The van der Waals surface area contributed by atoms with Crippen LogP contribution in [0, 0.1) is 18.3 Å². The van der Waals surface area contributed by atoms with Crippen molar-refractivity contribution in [3.8, 4) is 6.07 Å². The van der Waals surface area contributed by atoms with Gasteiger partial charge in [0.15, 0.2) is 0 Å². The van der Waals surface area contributed by atoms with Crippen LogP contribution in [0.1, 0.15) is 39.9 Å². The number of hydrogen-bond donors (Lipinski definition) is 2. The number of anilines is 1. The maximum atomic E-state index is 12.6. The number of benzene rings is 2. The molecule has 0 radical (unpaired) electrons. The van der Waals surface area contributed by atoms with E-state index in [9.17, 15) is 4.79 Å². The van der Waals surface area contributed by atoms with Gasteiger partial charge < -0.3 is 10.6 Å². The summed E-state index contributed by atoms with van der Waals surface area (Å²) in [5, 5.41) is 15.8. The van der Waals surface area contributed by atoms with Crippen LogP contribution >= 0.6 is 11.6 Å². The fraction of sp³-hybridized carbons (Fsp3) is 0.238. The zero-order chi connectivity index (χ0) is 18.5. The Bertz CT molecular complexity index is 904. The topological polar surface area (TPSA) is 64.9 Å². The highest BCUT2D eigenvalue weighted by Gasteiger charge is 2.12. The lowest BCUT2D eigenvalue weighted by molar-refractivity contribution is 0.102. The predicted octanol–water partition coefficient (Wildman–Crippen LogP) is 4.54. The van der Waals surface area contributed by atoms with Crippen molar-refractivity contribution in [1.82, 2.24) is 5.32 Å². The van der Waals surface area contributed by atoms with Crippen molar-refractivity contribution >= 4 is 29.3 Å². The maximum absolute atomic E-state index is 12.6. The molecule has 0 aromatic heterocycles. The van der Waals surface area contributed by atoms with Crippen molar-refractivity contribution in [1.29, 1.82) is 5.26 Å². The first kappa shape index (κ1) is 18.2. The molecule has 2 aromatic rings. The van der Waals surface area contributed by atoms with Crippen LogP contribution in [-0.4, -0.2) is 19.0 Å². The molecule has 1 saturated heterocycles. The van der Waals surface area contributed by atoms with Crippen molar-refractivity contribution in [2.24, 2.45) is 0 Å². The molecule has 2 aromatic carbocycles. The van der Waals surface area contributed by atoms with Crippen LogP contribution in [0.5, 0.6) is 0 Å². The molecular formula is C21H20ClN3O. The van der Waals surface area contributed by atoms with E-state index in [1.165, 1.54) is 5.57 Å². The third-order valence-electron chi connectivity index (χ3n) is 4.52. The van der Waals surface area contributed by atoms with Gasteiger partial charge in [-0.25, -0.2) is 0 Å². The first-order valence-corrected chi connectivity index (χ1v) is 8.96. The molecule has 0 spiro atoms. The molecule has 0 atom stereocenters. The summed E-state index contributed by atoms with van der Waals surface area (Å²) in [5.41, 5.74) is 4.97. The van der Waals surface area contributed by atoms with E-state index >= 15 is 0 Å². The van der Waals surface area contributed by atoms with Crippen LogP contribution in [0.4, 0.5) is 5.69 Å². The predicted molar refractivity (Wildman–Crippen MR) is 105 cm³/mol. The molecular weight excluding hydrogens is 346 g/mol. The number of carbonyl (C=O) groups is 1. The Morgan fingerprint density at radius 2 is 2.04 bits per heavy atom. The third-order valence-corrected chi connectivity index (χ3v) is 4.74. The number of nitrogens with one attached hydrogen (secondary N) is 2. The monoisotopic (exact) mass is 365 g/mol. The fourth-order valence-electron chi connectivity index (χ4n) is 3.02. The average molecular weight is 366 g/mol. The maximum Gasteiger partial charge on any atom is 0.255 e. The first-order chi connectivity index (χ1) is 12.6. The van der Waals surface area contributed by atoms with Gasteiger partial charge in [-0.3, -0.25) is 4.79 Å². The smallest absolute Gasteiger partial charge is 0.255 e. The highest BCUT2D eigenvalue weighted by atomic mass is 35.5. The Hall–Kier alpha value is -2.61. The minimum absolute atomic E-state index is 0.257. The largest absolute Gasteiger partial charge is 0.322 e. The van der Waals surface area contributed by atoms with Crippen LogP contribution in [0.15, 0.2) is 42.0 Å². The summed E-state index contributed by atoms with van der Waals surface area (Å²) < 4.78 is 0. The van der Waals surface area contributed by atoms with Crippen LogP contribution in [-0.2, 0) is 0 Å². The van der Waals surface area contributed by atoms with E-state index in [1.807, 2.05) is 19.1 Å². The Morgan fingerprint density at radius 1 is 1.27 bits per heavy atom. The van der Waals surface area contributed by atoms with Crippen molar-refractivity contribution in [3.63, 3.8) is 0 Å². The van der Waals surface area contributed by atoms with E-state index in [4.69, 9.17) is 16.9 Å². The van der Waals surface area contributed by atoms with Crippen LogP contribution in [0.3, 0.4) is 0 Å². The summed E-state index contributed by atoms with van der Waals surface area (Å²) in [7, 11) is 0. The standard InChI is InChI=1S/C21H20ClN3O/c1-14-18(9-15-5-7-24-8-6-15)11-19(22)12-20(14)25-21(26)17-4-2-3-16(10-17)13-23/h2-4,9-12,24H,5-8H2,1H3,(H,25,26). The van der Waals surface area contributed by atoms with E-state index in [-0.39, 0.29) is 5.91 Å². The number of piperidine rings is 1. The molecule has 1 aliphatic heterocycles. The molecule has 2 N–H and O–H groups in total. The molecule has 26 heavy (non-hydrogen) atoms. The summed E-state index contributed by atoms with van der Waals surface area (Å²) in [6, 6.07) is 12.4. The summed E-state index contributed by atoms with van der Waals surface area (Å²) in [4.78, 5) is 12.6.